The lowest BCUT2D eigenvalue weighted by atomic mass is 10.1. The molecule has 0 radical (unpaired) electrons. The van der Waals surface area contributed by atoms with Crippen molar-refractivity contribution in [3.8, 4) is 0 Å². The normalized spacial score (nSPS) is 12.6. The molecular formula is C9H9BrFN. The minimum absolute atomic E-state index is 0.287. The maximum atomic E-state index is 12.7. The molecule has 0 saturated carbocycles. The van der Waals surface area contributed by atoms with E-state index >= 15 is 0 Å². The molecular weight excluding hydrogens is 221 g/mol. The van der Waals surface area contributed by atoms with Crippen LogP contribution in [0, 0.1) is 5.82 Å². The second-order valence-corrected chi connectivity index (χ2v) is 3.28. The van der Waals surface area contributed by atoms with E-state index in [1.807, 2.05) is 0 Å². The predicted octanol–water partition coefficient (Wildman–Crippen LogP) is 2.77. The monoisotopic (exact) mass is 229 g/mol. The molecule has 3 heteroatoms. The third-order valence-corrected chi connectivity index (χ3v) is 2.29. The van der Waals surface area contributed by atoms with Crippen molar-refractivity contribution < 1.29 is 4.39 Å². The molecule has 1 rings (SSSR count). The van der Waals surface area contributed by atoms with Crippen LogP contribution in [0.2, 0.25) is 0 Å². The van der Waals surface area contributed by atoms with E-state index in [0.717, 1.165) is 4.47 Å². The highest BCUT2D eigenvalue weighted by atomic mass is 79.9. The van der Waals surface area contributed by atoms with Gasteiger partial charge in [-0.3, -0.25) is 0 Å². The largest absolute Gasteiger partial charge is 0.321 e. The first kappa shape index (κ1) is 9.42. The summed E-state index contributed by atoms with van der Waals surface area (Å²) in [4.78, 5) is 0. The molecule has 0 aromatic heterocycles. The van der Waals surface area contributed by atoms with Crippen LogP contribution in [0.5, 0.6) is 0 Å². The summed E-state index contributed by atoms with van der Waals surface area (Å²) >= 11 is 3.28. The molecule has 0 amide bonds. The molecule has 0 unspecified atom stereocenters. The van der Waals surface area contributed by atoms with Gasteiger partial charge in [-0.25, -0.2) is 4.39 Å². The molecule has 0 bridgehead atoms. The minimum atomic E-state index is -0.324. The minimum Gasteiger partial charge on any atom is -0.321 e. The van der Waals surface area contributed by atoms with E-state index in [9.17, 15) is 4.39 Å². The number of hydrogen-bond donors (Lipinski definition) is 1. The van der Waals surface area contributed by atoms with Gasteiger partial charge in [0.05, 0.1) is 0 Å². The van der Waals surface area contributed by atoms with Crippen molar-refractivity contribution in [1.29, 1.82) is 0 Å². The summed E-state index contributed by atoms with van der Waals surface area (Å²) in [6, 6.07) is 4.09. The van der Waals surface area contributed by atoms with Gasteiger partial charge in [-0.1, -0.05) is 22.0 Å². The molecule has 2 N–H and O–H groups in total. The SMILES string of the molecule is C=C[C@H](N)c1cc(F)ccc1Br. The Morgan fingerprint density at radius 3 is 2.83 bits per heavy atom. The van der Waals surface area contributed by atoms with Crippen LogP contribution in [0.4, 0.5) is 4.39 Å². The summed E-state index contributed by atoms with van der Waals surface area (Å²) in [5.41, 5.74) is 6.36. The van der Waals surface area contributed by atoms with Gasteiger partial charge in [0.15, 0.2) is 0 Å². The van der Waals surface area contributed by atoms with E-state index in [4.69, 9.17) is 5.73 Å². The lowest BCUT2D eigenvalue weighted by Gasteiger charge is -2.08. The summed E-state index contributed by atoms with van der Waals surface area (Å²) in [6.07, 6.45) is 1.57. The summed E-state index contributed by atoms with van der Waals surface area (Å²) in [5, 5.41) is 0. The molecule has 0 saturated heterocycles. The highest BCUT2D eigenvalue weighted by Crippen LogP contribution is 2.23. The van der Waals surface area contributed by atoms with Crippen molar-refractivity contribution in [3.63, 3.8) is 0 Å². The fourth-order valence-electron chi connectivity index (χ4n) is 0.897. The maximum Gasteiger partial charge on any atom is 0.123 e. The third-order valence-electron chi connectivity index (χ3n) is 1.57. The van der Waals surface area contributed by atoms with Crippen LogP contribution in [0.3, 0.4) is 0 Å². The molecule has 0 fully saturated rings. The van der Waals surface area contributed by atoms with Crippen molar-refractivity contribution in [1.82, 2.24) is 0 Å². The van der Waals surface area contributed by atoms with Gasteiger partial charge >= 0.3 is 0 Å². The van der Waals surface area contributed by atoms with E-state index in [1.165, 1.54) is 12.1 Å². The van der Waals surface area contributed by atoms with Crippen LogP contribution in [0.1, 0.15) is 11.6 Å². The van der Waals surface area contributed by atoms with Crippen LogP contribution in [-0.4, -0.2) is 0 Å². The first-order valence-electron chi connectivity index (χ1n) is 3.48. The number of benzene rings is 1. The Kier molecular flexibility index (Phi) is 3.00. The third kappa shape index (κ3) is 1.93. The van der Waals surface area contributed by atoms with Crippen molar-refractivity contribution in [2.24, 2.45) is 5.73 Å². The van der Waals surface area contributed by atoms with Crippen LogP contribution >= 0.6 is 15.9 Å². The van der Waals surface area contributed by atoms with Gasteiger partial charge in [0, 0.05) is 10.5 Å². The number of hydrogen-bond acceptors (Lipinski definition) is 1. The van der Waals surface area contributed by atoms with Gasteiger partial charge in [0.25, 0.3) is 0 Å². The summed E-state index contributed by atoms with van der Waals surface area (Å²) in [5.74, 6) is -0.287. The van der Waals surface area contributed by atoms with Crippen LogP contribution in [0.25, 0.3) is 0 Å². The van der Waals surface area contributed by atoms with Gasteiger partial charge in [0.1, 0.15) is 5.82 Å². The number of halogens is 2. The Bertz CT molecular complexity index is 299. The average Bonchev–Trinajstić information content (AvgIpc) is 2.08. The van der Waals surface area contributed by atoms with Gasteiger partial charge in [0.2, 0.25) is 0 Å². The molecule has 1 nitrogen and oxygen atoms in total. The van der Waals surface area contributed by atoms with E-state index in [1.54, 1.807) is 12.1 Å². The Labute approximate surface area is 79.2 Å². The number of nitrogens with two attached hydrogens (primary N) is 1. The van der Waals surface area contributed by atoms with E-state index in [2.05, 4.69) is 22.5 Å². The summed E-state index contributed by atoms with van der Waals surface area (Å²) < 4.78 is 13.5. The average molecular weight is 230 g/mol. The zero-order valence-corrected chi connectivity index (χ0v) is 8.01. The molecule has 64 valence electrons. The second-order valence-electron chi connectivity index (χ2n) is 2.43. The van der Waals surface area contributed by atoms with E-state index in [-0.39, 0.29) is 11.9 Å². The Morgan fingerprint density at radius 2 is 2.25 bits per heavy atom. The Balaban J connectivity index is 3.12. The molecule has 0 aliphatic rings. The first-order chi connectivity index (χ1) is 5.65. The highest BCUT2D eigenvalue weighted by molar-refractivity contribution is 9.10. The molecule has 0 aliphatic heterocycles. The lowest BCUT2D eigenvalue weighted by molar-refractivity contribution is 0.623. The van der Waals surface area contributed by atoms with Gasteiger partial charge < -0.3 is 5.73 Å². The Hall–Kier alpha value is -0.670. The highest BCUT2D eigenvalue weighted by Gasteiger charge is 2.06. The van der Waals surface area contributed by atoms with Gasteiger partial charge in [-0.2, -0.15) is 0 Å². The molecule has 1 aromatic rings. The zero-order chi connectivity index (χ0) is 9.14. The Morgan fingerprint density at radius 1 is 1.58 bits per heavy atom. The van der Waals surface area contributed by atoms with Crippen molar-refractivity contribution in [2.75, 3.05) is 0 Å². The number of rotatable bonds is 2. The molecule has 12 heavy (non-hydrogen) atoms. The topological polar surface area (TPSA) is 26.0 Å². The fraction of sp³-hybridized carbons (Fsp3) is 0.111. The van der Waals surface area contributed by atoms with Crippen molar-refractivity contribution in [3.05, 3.63) is 46.7 Å². The maximum absolute atomic E-state index is 12.7. The predicted molar refractivity (Wildman–Crippen MR) is 51.2 cm³/mol. The first-order valence-corrected chi connectivity index (χ1v) is 4.27. The molecule has 0 spiro atoms. The van der Waals surface area contributed by atoms with E-state index in [0.29, 0.717) is 5.56 Å². The standard InChI is InChI=1S/C9H9BrFN/c1-2-9(12)7-5-6(11)3-4-8(7)10/h2-5,9H,1,12H2/t9-/m0/s1. The van der Waals surface area contributed by atoms with Crippen molar-refractivity contribution in [2.45, 2.75) is 6.04 Å². The second kappa shape index (κ2) is 3.83. The van der Waals surface area contributed by atoms with Gasteiger partial charge in [-0.15, -0.1) is 6.58 Å². The summed E-state index contributed by atoms with van der Waals surface area (Å²) in [6.45, 7) is 3.54. The van der Waals surface area contributed by atoms with Crippen LogP contribution < -0.4 is 5.73 Å². The van der Waals surface area contributed by atoms with Crippen molar-refractivity contribution >= 4 is 15.9 Å². The fourth-order valence-corrected chi connectivity index (χ4v) is 1.41. The molecule has 0 aliphatic carbocycles. The molecule has 1 aromatic carbocycles. The van der Waals surface area contributed by atoms with Gasteiger partial charge in [-0.05, 0) is 23.8 Å². The lowest BCUT2D eigenvalue weighted by Crippen LogP contribution is -2.07. The molecule has 0 heterocycles. The smallest absolute Gasteiger partial charge is 0.123 e. The van der Waals surface area contributed by atoms with Crippen LogP contribution in [0.15, 0.2) is 35.3 Å². The zero-order valence-electron chi connectivity index (χ0n) is 6.43. The summed E-state index contributed by atoms with van der Waals surface area (Å²) in [7, 11) is 0. The quantitative estimate of drug-likeness (QED) is 0.776. The molecule has 1 atom stereocenters. The van der Waals surface area contributed by atoms with Crippen LogP contribution in [-0.2, 0) is 0 Å². The van der Waals surface area contributed by atoms with E-state index < -0.39 is 0 Å².